The van der Waals surface area contributed by atoms with Gasteiger partial charge in [-0.15, -0.1) is 11.8 Å². The van der Waals surface area contributed by atoms with Gasteiger partial charge in [0, 0.05) is 24.1 Å². The minimum Gasteiger partial charge on any atom is -0.383 e. The number of fused-ring (bicyclic) bond motifs is 1. The van der Waals surface area contributed by atoms with E-state index >= 15 is 0 Å². The fourth-order valence-electron chi connectivity index (χ4n) is 2.76. The molecule has 0 saturated carbocycles. The lowest BCUT2D eigenvalue weighted by Gasteiger charge is -2.29. The van der Waals surface area contributed by atoms with Crippen molar-refractivity contribution in [3.8, 4) is 0 Å². The average Bonchev–Trinajstić information content (AvgIpc) is 2.65. The molecule has 0 bridgehead atoms. The highest BCUT2D eigenvalue weighted by Crippen LogP contribution is 2.36. The number of benzene rings is 2. The number of rotatable bonds is 6. The molecule has 0 unspecified atom stereocenters. The summed E-state index contributed by atoms with van der Waals surface area (Å²) in [7, 11) is 1.59. The maximum absolute atomic E-state index is 12.5. The first-order valence-electron chi connectivity index (χ1n) is 8.48. The Morgan fingerprint density at radius 1 is 1.23 bits per heavy atom. The van der Waals surface area contributed by atoms with Crippen molar-refractivity contribution in [3.63, 3.8) is 0 Å². The largest absolute Gasteiger partial charge is 0.383 e. The Morgan fingerprint density at radius 2 is 2.00 bits per heavy atom. The van der Waals surface area contributed by atoms with Crippen LogP contribution in [0.4, 0.5) is 5.69 Å². The van der Waals surface area contributed by atoms with Crippen LogP contribution in [0.25, 0.3) is 0 Å². The molecule has 0 spiro atoms. The van der Waals surface area contributed by atoms with Crippen LogP contribution in [0.15, 0.2) is 47.4 Å². The van der Waals surface area contributed by atoms with Gasteiger partial charge in [0.05, 0.1) is 24.6 Å². The molecular weight excluding hydrogens is 348 g/mol. The van der Waals surface area contributed by atoms with Crippen LogP contribution in [-0.4, -0.2) is 37.8 Å². The average molecular weight is 370 g/mol. The summed E-state index contributed by atoms with van der Waals surface area (Å²) < 4.78 is 4.95. The van der Waals surface area contributed by atoms with Crippen LogP contribution in [0.5, 0.6) is 0 Å². The zero-order chi connectivity index (χ0) is 18.5. The first kappa shape index (κ1) is 18.5. The molecule has 0 atom stereocenters. The monoisotopic (exact) mass is 370 g/mol. The van der Waals surface area contributed by atoms with Gasteiger partial charge in [-0.1, -0.05) is 29.8 Å². The zero-order valence-corrected chi connectivity index (χ0v) is 15.8. The predicted octanol–water partition coefficient (Wildman–Crippen LogP) is 3.01. The third kappa shape index (κ3) is 4.26. The normalized spacial score (nSPS) is 13.5. The topological polar surface area (TPSA) is 58.6 Å². The number of carbonyl (C=O) groups is 2. The number of amides is 2. The SMILES string of the molecule is COCCNC(=O)c1ccc2c(c1)N(Cc1ccc(C)cc1)C(=O)CS2. The molecule has 0 aliphatic carbocycles. The van der Waals surface area contributed by atoms with E-state index < -0.39 is 0 Å². The Labute approximate surface area is 157 Å². The first-order valence-corrected chi connectivity index (χ1v) is 9.47. The van der Waals surface area contributed by atoms with Crippen LogP contribution in [-0.2, 0) is 16.1 Å². The number of anilines is 1. The van der Waals surface area contributed by atoms with Crippen molar-refractivity contribution >= 4 is 29.3 Å². The van der Waals surface area contributed by atoms with Crippen LogP contribution < -0.4 is 10.2 Å². The van der Waals surface area contributed by atoms with Gasteiger partial charge in [0.25, 0.3) is 5.91 Å². The van der Waals surface area contributed by atoms with E-state index in [1.54, 1.807) is 24.1 Å². The van der Waals surface area contributed by atoms with Gasteiger partial charge >= 0.3 is 0 Å². The molecule has 136 valence electrons. The van der Waals surface area contributed by atoms with Crippen molar-refractivity contribution in [2.75, 3.05) is 30.9 Å². The van der Waals surface area contributed by atoms with Crippen LogP contribution in [0, 0.1) is 6.92 Å². The lowest BCUT2D eigenvalue weighted by atomic mass is 10.1. The Kier molecular flexibility index (Phi) is 5.96. The van der Waals surface area contributed by atoms with Crippen LogP contribution in [0.1, 0.15) is 21.5 Å². The van der Waals surface area contributed by atoms with Crippen molar-refractivity contribution in [3.05, 3.63) is 59.2 Å². The Balaban J connectivity index is 1.84. The van der Waals surface area contributed by atoms with E-state index in [2.05, 4.69) is 5.32 Å². The molecule has 0 radical (unpaired) electrons. The number of thioether (sulfide) groups is 1. The minimum atomic E-state index is -0.164. The zero-order valence-electron chi connectivity index (χ0n) is 15.0. The Morgan fingerprint density at radius 3 is 2.73 bits per heavy atom. The summed E-state index contributed by atoms with van der Waals surface area (Å²) in [4.78, 5) is 27.6. The predicted molar refractivity (Wildman–Crippen MR) is 104 cm³/mol. The molecule has 0 saturated heterocycles. The third-order valence-electron chi connectivity index (χ3n) is 4.22. The molecule has 3 rings (SSSR count). The van der Waals surface area contributed by atoms with Crippen molar-refractivity contribution in [2.45, 2.75) is 18.4 Å². The molecule has 0 aromatic heterocycles. The van der Waals surface area contributed by atoms with E-state index in [9.17, 15) is 9.59 Å². The second-order valence-electron chi connectivity index (χ2n) is 6.19. The first-order chi connectivity index (χ1) is 12.6. The molecule has 1 aliphatic heterocycles. The van der Waals surface area contributed by atoms with Gasteiger partial charge in [0.15, 0.2) is 0 Å². The van der Waals surface area contributed by atoms with Gasteiger partial charge in [-0.05, 0) is 30.7 Å². The van der Waals surface area contributed by atoms with E-state index in [4.69, 9.17) is 4.74 Å². The second kappa shape index (κ2) is 8.38. The van der Waals surface area contributed by atoms with E-state index in [1.807, 2.05) is 37.3 Å². The molecular formula is C20H22N2O3S. The number of carbonyl (C=O) groups excluding carboxylic acids is 2. The number of methoxy groups -OCH3 is 1. The molecule has 0 fully saturated rings. The van der Waals surface area contributed by atoms with Crippen molar-refractivity contribution in [2.24, 2.45) is 0 Å². The van der Waals surface area contributed by atoms with Gasteiger partial charge in [0.1, 0.15) is 0 Å². The maximum Gasteiger partial charge on any atom is 0.251 e. The van der Waals surface area contributed by atoms with Gasteiger partial charge in [-0.25, -0.2) is 0 Å². The van der Waals surface area contributed by atoms with E-state index in [0.29, 0.717) is 31.0 Å². The molecule has 5 nitrogen and oxygen atoms in total. The quantitative estimate of drug-likeness (QED) is 0.794. The van der Waals surface area contributed by atoms with Crippen molar-refractivity contribution in [1.29, 1.82) is 0 Å². The number of aryl methyl sites for hydroxylation is 1. The minimum absolute atomic E-state index is 0.0556. The molecule has 2 aromatic rings. The van der Waals surface area contributed by atoms with Gasteiger partial charge in [-0.3, -0.25) is 9.59 Å². The number of hydrogen-bond acceptors (Lipinski definition) is 4. The lowest BCUT2D eigenvalue weighted by Crippen LogP contribution is -2.35. The Bertz CT molecular complexity index is 805. The molecule has 2 amide bonds. The standard InChI is InChI=1S/C20H22N2O3S/c1-14-3-5-15(6-4-14)12-22-17-11-16(20(24)21-9-10-25-2)7-8-18(17)26-13-19(22)23/h3-8,11H,9-10,12-13H2,1-2H3,(H,21,24). The highest BCUT2D eigenvalue weighted by molar-refractivity contribution is 8.00. The third-order valence-corrected chi connectivity index (χ3v) is 5.26. The summed E-state index contributed by atoms with van der Waals surface area (Å²) in [6.07, 6.45) is 0. The van der Waals surface area contributed by atoms with E-state index in [1.165, 1.54) is 17.3 Å². The van der Waals surface area contributed by atoms with Gasteiger partial charge in [0.2, 0.25) is 5.91 Å². The maximum atomic E-state index is 12.5. The molecule has 1 N–H and O–H groups in total. The van der Waals surface area contributed by atoms with Gasteiger partial charge < -0.3 is 15.0 Å². The molecule has 2 aromatic carbocycles. The summed E-state index contributed by atoms with van der Waals surface area (Å²) in [5.41, 5.74) is 3.59. The summed E-state index contributed by atoms with van der Waals surface area (Å²) in [5.74, 6) is 0.307. The lowest BCUT2D eigenvalue weighted by molar-refractivity contribution is -0.116. The summed E-state index contributed by atoms with van der Waals surface area (Å²) in [6.45, 7) is 3.45. The smallest absolute Gasteiger partial charge is 0.251 e. The summed E-state index contributed by atoms with van der Waals surface area (Å²) >= 11 is 1.51. The number of hydrogen-bond donors (Lipinski definition) is 1. The van der Waals surface area contributed by atoms with Crippen molar-refractivity contribution in [1.82, 2.24) is 5.32 Å². The Hall–Kier alpha value is -2.31. The molecule has 26 heavy (non-hydrogen) atoms. The highest BCUT2D eigenvalue weighted by Gasteiger charge is 2.26. The van der Waals surface area contributed by atoms with Gasteiger partial charge in [-0.2, -0.15) is 0 Å². The van der Waals surface area contributed by atoms with Crippen LogP contribution in [0.3, 0.4) is 0 Å². The summed E-state index contributed by atoms with van der Waals surface area (Å²) in [5, 5.41) is 2.81. The van der Waals surface area contributed by atoms with E-state index in [0.717, 1.165) is 16.1 Å². The molecule has 1 aliphatic rings. The number of ether oxygens (including phenoxy) is 1. The van der Waals surface area contributed by atoms with E-state index in [-0.39, 0.29) is 11.8 Å². The van der Waals surface area contributed by atoms with Crippen LogP contribution in [0.2, 0.25) is 0 Å². The number of nitrogens with zero attached hydrogens (tertiary/aromatic N) is 1. The number of nitrogens with one attached hydrogen (secondary N) is 1. The molecule has 1 heterocycles. The highest BCUT2D eigenvalue weighted by atomic mass is 32.2. The fraction of sp³-hybridized carbons (Fsp3) is 0.300. The van der Waals surface area contributed by atoms with Crippen LogP contribution >= 0.6 is 11.8 Å². The van der Waals surface area contributed by atoms with Crippen molar-refractivity contribution < 1.29 is 14.3 Å². The summed E-state index contributed by atoms with van der Waals surface area (Å²) in [6, 6.07) is 13.7. The molecule has 6 heteroatoms. The fourth-order valence-corrected chi connectivity index (χ4v) is 3.68. The second-order valence-corrected chi connectivity index (χ2v) is 7.20.